The van der Waals surface area contributed by atoms with Gasteiger partial charge in [0, 0.05) is 7.05 Å². The first kappa shape index (κ1) is 22.0. The number of carbonyl (C=O) groups is 1. The average Bonchev–Trinajstić information content (AvgIpc) is 3.27. The van der Waals surface area contributed by atoms with E-state index in [0.717, 1.165) is 10.6 Å². The first-order chi connectivity index (χ1) is 14.4. The zero-order valence-electron chi connectivity index (χ0n) is 17.5. The minimum Gasteiger partial charge on any atom is -0.490 e. The molecule has 0 aliphatic carbocycles. The molecule has 0 saturated carbocycles. The molecular weight excluding hydrogens is 424 g/mol. The van der Waals surface area contributed by atoms with Crippen LogP contribution in [0.4, 0.5) is 5.13 Å². The Labute approximate surface area is 183 Å². The van der Waals surface area contributed by atoms with Gasteiger partial charge < -0.3 is 14.0 Å². The van der Waals surface area contributed by atoms with Crippen LogP contribution in [0.15, 0.2) is 23.4 Å². The number of aromatic nitrogens is 5. The number of anilines is 1. The first-order valence-corrected chi connectivity index (χ1v) is 11.1. The van der Waals surface area contributed by atoms with Gasteiger partial charge in [-0.05, 0) is 45.4 Å². The third kappa shape index (κ3) is 5.48. The van der Waals surface area contributed by atoms with Crippen LogP contribution in [0.3, 0.4) is 0 Å². The summed E-state index contributed by atoms with van der Waals surface area (Å²) in [5.74, 6) is 1.83. The number of benzene rings is 1. The van der Waals surface area contributed by atoms with Gasteiger partial charge in [0.05, 0.1) is 11.9 Å². The molecule has 1 aromatic carbocycles. The molecule has 3 aromatic rings. The number of aryl methyl sites for hydroxylation is 2. The van der Waals surface area contributed by atoms with Crippen molar-refractivity contribution >= 4 is 34.1 Å². The molecule has 0 saturated heterocycles. The lowest BCUT2D eigenvalue weighted by Crippen LogP contribution is -2.22. The number of hydrogen-bond donors (Lipinski definition) is 1. The lowest BCUT2D eigenvalue weighted by Gasteiger charge is -2.13. The zero-order chi connectivity index (χ0) is 21.7. The van der Waals surface area contributed by atoms with Gasteiger partial charge in [0.15, 0.2) is 22.5 Å². The van der Waals surface area contributed by atoms with E-state index >= 15 is 0 Å². The van der Waals surface area contributed by atoms with E-state index in [9.17, 15) is 4.79 Å². The van der Waals surface area contributed by atoms with E-state index in [1.165, 1.54) is 23.1 Å². The van der Waals surface area contributed by atoms with Gasteiger partial charge in [-0.2, -0.15) is 0 Å². The number of amides is 1. The molecule has 1 atom stereocenters. The summed E-state index contributed by atoms with van der Waals surface area (Å²) in [6, 6.07) is 5.79. The van der Waals surface area contributed by atoms with Crippen molar-refractivity contribution in [1.82, 2.24) is 25.0 Å². The smallest absolute Gasteiger partial charge is 0.239 e. The number of carbonyl (C=O) groups excluding carboxylic acids is 1. The Hall–Kier alpha value is -2.66. The summed E-state index contributed by atoms with van der Waals surface area (Å²) in [5.41, 5.74) is 1.10. The van der Waals surface area contributed by atoms with Crippen molar-refractivity contribution in [2.45, 2.75) is 44.7 Å². The Kier molecular flexibility index (Phi) is 7.27. The van der Waals surface area contributed by atoms with Crippen LogP contribution in [0.2, 0.25) is 0 Å². The van der Waals surface area contributed by atoms with Gasteiger partial charge in [0.25, 0.3) is 0 Å². The van der Waals surface area contributed by atoms with E-state index < -0.39 is 0 Å². The number of nitrogens with zero attached hydrogens (tertiary/aromatic N) is 5. The second-order valence-corrected chi connectivity index (χ2v) is 8.99. The third-order valence-corrected chi connectivity index (χ3v) is 5.98. The summed E-state index contributed by atoms with van der Waals surface area (Å²) in [5, 5.41) is 20.5. The van der Waals surface area contributed by atoms with E-state index in [0.29, 0.717) is 34.2 Å². The lowest BCUT2D eigenvalue weighted by molar-refractivity contribution is -0.115. The molecule has 0 unspecified atom stereocenters. The van der Waals surface area contributed by atoms with Crippen LogP contribution >= 0.6 is 23.1 Å². The molecule has 0 spiro atoms. The monoisotopic (exact) mass is 448 g/mol. The van der Waals surface area contributed by atoms with Gasteiger partial charge in [0.1, 0.15) is 11.6 Å². The molecule has 2 heterocycles. The van der Waals surface area contributed by atoms with Crippen LogP contribution in [0.5, 0.6) is 11.5 Å². The highest BCUT2D eigenvalue weighted by Gasteiger charge is 2.20. The number of rotatable bonds is 9. The average molecular weight is 449 g/mol. The van der Waals surface area contributed by atoms with E-state index in [4.69, 9.17) is 9.47 Å². The standard InChI is InChI=1S/C19H24N6O3S2/c1-6-27-15-9-11(2)7-8-14(15)28-10-16-22-24-19(25(16)5)29-12(3)17(26)20-18-23-21-13(4)30-18/h7-9,12H,6,10H2,1-5H3,(H,20,23,26)/t12-/m1/s1. The molecule has 1 N–H and O–H groups in total. The van der Waals surface area contributed by atoms with E-state index in [1.54, 1.807) is 6.92 Å². The Balaban J connectivity index is 1.61. The van der Waals surface area contributed by atoms with Gasteiger partial charge in [-0.1, -0.05) is 29.2 Å². The van der Waals surface area contributed by atoms with Gasteiger partial charge in [-0.15, -0.1) is 20.4 Å². The molecule has 1 amide bonds. The molecule has 30 heavy (non-hydrogen) atoms. The van der Waals surface area contributed by atoms with Gasteiger partial charge in [0.2, 0.25) is 11.0 Å². The number of hydrogen-bond acceptors (Lipinski definition) is 9. The van der Waals surface area contributed by atoms with Crippen molar-refractivity contribution in [3.8, 4) is 11.5 Å². The maximum atomic E-state index is 12.4. The highest BCUT2D eigenvalue weighted by Crippen LogP contribution is 2.29. The second kappa shape index (κ2) is 9.90. The normalized spacial score (nSPS) is 11.9. The van der Waals surface area contributed by atoms with Gasteiger partial charge >= 0.3 is 0 Å². The molecular formula is C19H24N6O3S2. The van der Waals surface area contributed by atoms with Crippen LogP contribution in [-0.2, 0) is 18.4 Å². The fourth-order valence-electron chi connectivity index (χ4n) is 2.48. The van der Waals surface area contributed by atoms with Crippen LogP contribution in [0.1, 0.15) is 30.2 Å². The number of ether oxygens (including phenoxy) is 2. The molecule has 3 rings (SSSR count). The SMILES string of the molecule is CCOc1cc(C)ccc1OCc1nnc(S[C@H](C)C(=O)Nc2nnc(C)s2)n1C. The quantitative estimate of drug-likeness (QED) is 0.497. The fourth-order valence-corrected chi connectivity index (χ4v) is 3.91. The largest absolute Gasteiger partial charge is 0.490 e. The molecule has 0 aliphatic rings. The first-order valence-electron chi connectivity index (χ1n) is 9.39. The second-order valence-electron chi connectivity index (χ2n) is 6.51. The van der Waals surface area contributed by atoms with Crippen molar-refractivity contribution in [2.24, 2.45) is 7.05 Å². The number of thioether (sulfide) groups is 1. The topological polar surface area (TPSA) is 104 Å². The minimum atomic E-state index is -0.382. The predicted octanol–water partition coefficient (Wildman–Crippen LogP) is 3.38. The van der Waals surface area contributed by atoms with Crippen molar-refractivity contribution < 1.29 is 14.3 Å². The van der Waals surface area contributed by atoms with Crippen molar-refractivity contribution in [2.75, 3.05) is 11.9 Å². The van der Waals surface area contributed by atoms with Gasteiger partial charge in [-0.3, -0.25) is 10.1 Å². The van der Waals surface area contributed by atoms with E-state index in [2.05, 4.69) is 25.7 Å². The minimum absolute atomic E-state index is 0.169. The maximum absolute atomic E-state index is 12.4. The molecule has 11 heteroatoms. The number of nitrogens with one attached hydrogen (secondary N) is 1. The molecule has 160 valence electrons. The fraction of sp³-hybridized carbons (Fsp3) is 0.421. The summed E-state index contributed by atoms with van der Waals surface area (Å²) in [4.78, 5) is 12.4. The molecule has 0 bridgehead atoms. The van der Waals surface area contributed by atoms with Crippen LogP contribution in [0.25, 0.3) is 0 Å². The summed E-state index contributed by atoms with van der Waals surface area (Å²) in [7, 11) is 1.85. The van der Waals surface area contributed by atoms with Crippen molar-refractivity contribution in [3.63, 3.8) is 0 Å². The summed E-state index contributed by atoms with van der Waals surface area (Å²) >= 11 is 2.65. The highest BCUT2D eigenvalue weighted by molar-refractivity contribution is 8.00. The Bertz CT molecular complexity index is 1020. The molecule has 0 radical (unpaired) electrons. The van der Waals surface area contributed by atoms with E-state index in [1.807, 2.05) is 50.6 Å². The zero-order valence-corrected chi connectivity index (χ0v) is 19.1. The summed E-state index contributed by atoms with van der Waals surface area (Å²) in [6.45, 7) is 8.37. The third-order valence-electron chi connectivity index (χ3n) is 4.09. The molecule has 9 nitrogen and oxygen atoms in total. The summed E-state index contributed by atoms with van der Waals surface area (Å²) in [6.07, 6.45) is 0. The van der Waals surface area contributed by atoms with E-state index in [-0.39, 0.29) is 17.8 Å². The van der Waals surface area contributed by atoms with Crippen LogP contribution in [0, 0.1) is 13.8 Å². The maximum Gasteiger partial charge on any atom is 0.239 e. The summed E-state index contributed by atoms with van der Waals surface area (Å²) < 4.78 is 13.4. The Morgan fingerprint density at radius 3 is 2.70 bits per heavy atom. The van der Waals surface area contributed by atoms with Crippen molar-refractivity contribution in [3.05, 3.63) is 34.6 Å². The Morgan fingerprint density at radius 1 is 1.20 bits per heavy atom. The van der Waals surface area contributed by atoms with Crippen LogP contribution in [-0.4, -0.2) is 42.7 Å². The molecule has 2 aromatic heterocycles. The van der Waals surface area contributed by atoms with Gasteiger partial charge in [-0.25, -0.2) is 0 Å². The van der Waals surface area contributed by atoms with Crippen molar-refractivity contribution in [1.29, 1.82) is 0 Å². The molecule has 0 aliphatic heterocycles. The highest BCUT2D eigenvalue weighted by atomic mass is 32.2. The Morgan fingerprint density at radius 2 is 2.00 bits per heavy atom. The molecule has 0 fully saturated rings. The lowest BCUT2D eigenvalue weighted by atomic mass is 10.2. The predicted molar refractivity (Wildman–Crippen MR) is 116 cm³/mol. The van der Waals surface area contributed by atoms with Crippen LogP contribution < -0.4 is 14.8 Å².